The van der Waals surface area contributed by atoms with Gasteiger partial charge < -0.3 is 10.6 Å². The third-order valence-electron chi connectivity index (χ3n) is 4.65. The van der Waals surface area contributed by atoms with Crippen molar-refractivity contribution in [2.24, 2.45) is 5.73 Å². The minimum Gasteiger partial charge on any atom is -0.389 e. The van der Waals surface area contributed by atoms with E-state index in [9.17, 15) is 4.39 Å². The molecule has 2 saturated heterocycles. The number of likely N-dealkylation sites (tertiary alicyclic amines) is 1. The van der Waals surface area contributed by atoms with Gasteiger partial charge in [-0.05, 0) is 44.5 Å². The predicted octanol–water partition coefficient (Wildman–Crippen LogP) is 2.52. The molecule has 114 valence electrons. The molecular weight excluding hydrogens is 285 g/mol. The molecule has 21 heavy (non-hydrogen) atoms. The zero-order valence-electron chi connectivity index (χ0n) is 12.2. The van der Waals surface area contributed by atoms with Gasteiger partial charge in [0.2, 0.25) is 0 Å². The zero-order valence-corrected chi connectivity index (χ0v) is 13.0. The summed E-state index contributed by atoms with van der Waals surface area (Å²) in [5, 5.41) is 0. The summed E-state index contributed by atoms with van der Waals surface area (Å²) in [6.45, 7) is 4.28. The molecule has 0 aliphatic carbocycles. The maximum atomic E-state index is 14.0. The van der Waals surface area contributed by atoms with Crippen LogP contribution in [0.5, 0.6) is 0 Å². The lowest BCUT2D eigenvalue weighted by Gasteiger charge is -2.32. The zero-order chi connectivity index (χ0) is 14.8. The third-order valence-corrected chi connectivity index (χ3v) is 4.85. The largest absolute Gasteiger partial charge is 0.389 e. The highest BCUT2D eigenvalue weighted by molar-refractivity contribution is 7.80. The second-order valence-electron chi connectivity index (χ2n) is 5.98. The molecule has 0 aromatic heterocycles. The van der Waals surface area contributed by atoms with E-state index in [4.69, 9.17) is 18.0 Å². The molecular formula is C16H22FN3S. The Kier molecular flexibility index (Phi) is 4.40. The Morgan fingerprint density at radius 1 is 1.19 bits per heavy atom. The smallest absolute Gasteiger partial charge is 0.135 e. The molecule has 5 heteroatoms. The summed E-state index contributed by atoms with van der Waals surface area (Å²) in [5.41, 5.74) is 6.96. The summed E-state index contributed by atoms with van der Waals surface area (Å²) in [4.78, 5) is 4.96. The molecule has 0 amide bonds. The van der Waals surface area contributed by atoms with Crippen LogP contribution in [-0.4, -0.2) is 42.1 Å². The van der Waals surface area contributed by atoms with E-state index in [1.807, 2.05) is 6.07 Å². The molecule has 2 aliphatic heterocycles. The molecule has 3 nitrogen and oxygen atoms in total. The molecule has 0 saturated carbocycles. The van der Waals surface area contributed by atoms with Gasteiger partial charge in [-0.3, -0.25) is 4.90 Å². The SMILES string of the molecule is NC(=S)c1c(F)cccc1N1CCC(N2CCCCC2)C1. The van der Waals surface area contributed by atoms with Crippen LogP contribution in [0.2, 0.25) is 0 Å². The first-order valence-corrected chi connectivity index (χ1v) is 8.15. The van der Waals surface area contributed by atoms with Crippen LogP contribution in [0, 0.1) is 5.82 Å². The maximum absolute atomic E-state index is 14.0. The van der Waals surface area contributed by atoms with Gasteiger partial charge in [0.1, 0.15) is 10.8 Å². The fourth-order valence-electron chi connectivity index (χ4n) is 3.56. The third kappa shape index (κ3) is 3.04. The van der Waals surface area contributed by atoms with E-state index in [2.05, 4.69) is 9.80 Å². The Morgan fingerprint density at radius 2 is 1.95 bits per heavy atom. The molecule has 1 aromatic carbocycles. The summed E-state index contributed by atoms with van der Waals surface area (Å²) in [6.07, 6.45) is 5.08. The molecule has 1 aromatic rings. The topological polar surface area (TPSA) is 32.5 Å². The van der Waals surface area contributed by atoms with Crippen molar-refractivity contribution in [3.05, 3.63) is 29.6 Å². The van der Waals surface area contributed by atoms with E-state index in [1.54, 1.807) is 6.07 Å². The van der Waals surface area contributed by atoms with Gasteiger partial charge in [0.15, 0.2) is 0 Å². The number of nitrogens with zero attached hydrogens (tertiary/aromatic N) is 2. The molecule has 2 heterocycles. The quantitative estimate of drug-likeness (QED) is 0.870. The Balaban J connectivity index is 1.77. The summed E-state index contributed by atoms with van der Waals surface area (Å²) in [6, 6.07) is 5.67. The van der Waals surface area contributed by atoms with Gasteiger partial charge in [-0.1, -0.05) is 24.7 Å². The highest BCUT2D eigenvalue weighted by Crippen LogP contribution is 2.29. The van der Waals surface area contributed by atoms with E-state index in [1.165, 1.54) is 38.4 Å². The van der Waals surface area contributed by atoms with Crippen LogP contribution in [0.3, 0.4) is 0 Å². The van der Waals surface area contributed by atoms with Crippen molar-refractivity contribution in [2.45, 2.75) is 31.7 Å². The second kappa shape index (κ2) is 6.28. The molecule has 2 fully saturated rings. The van der Waals surface area contributed by atoms with Crippen LogP contribution in [0.15, 0.2) is 18.2 Å². The number of rotatable bonds is 3. The molecule has 2 aliphatic rings. The number of thiocarbonyl (C=S) groups is 1. The fourth-order valence-corrected chi connectivity index (χ4v) is 3.76. The highest BCUT2D eigenvalue weighted by atomic mass is 32.1. The van der Waals surface area contributed by atoms with Crippen LogP contribution in [-0.2, 0) is 0 Å². The van der Waals surface area contributed by atoms with Crippen molar-refractivity contribution >= 4 is 22.9 Å². The number of piperidine rings is 1. The van der Waals surface area contributed by atoms with Crippen molar-refractivity contribution in [3.8, 4) is 0 Å². The Hall–Kier alpha value is -1.20. The van der Waals surface area contributed by atoms with Crippen molar-refractivity contribution in [1.82, 2.24) is 4.90 Å². The van der Waals surface area contributed by atoms with Crippen LogP contribution < -0.4 is 10.6 Å². The van der Waals surface area contributed by atoms with Gasteiger partial charge in [0.25, 0.3) is 0 Å². The number of nitrogens with two attached hydrogens (primary N) is 1. The van der Waals surface area contributed by atoms with Gasteiger partial charge in [0.05, 0.1) is 5.56 Å². The predicted molar refractivity (Wildman–Crippen MR) is 88.3 cm³/mol. The molecule has 0 radical (unpaired) electrons. The van der Waals surface area contributed by atoms with Gasteiger partial charge in [-0.15, -0.1) is 0 Å². The van der Waals surface area contributed by atoms with E-state index >= 15 is 0 Å². The number of hydrogen-bond acceptors (Lipinski definition) is 3. The van der Waals surface area contributed by atoms with Gasteiger partial charge in [-0.25, -0.2) is 4.39 Å². The van der Waals surface area contributed by atoms with Crippen LogP contribution in [0.1, 0.15) is 31.2 Å². The van der Waals surface area contributed by atoms with Crippen LogP contribution in [0.25, 0.3) is 0 Å². The summed E-state index contributed by atoms with van der Waals surface area (Å²) in [7, 11) is 0. The minimum atomic E-state index is -0.318. The fraction of sp³-hybridized carbons (Fsp3) is 0.562. The van der Waals surface area contributed by atoms with Gasteiger partial charge in [-0.2, -0.15) is 0 Å². The lowest BCUT2D eigenvalue weighted by molar-refractivity contribution is 0.175. The van der Waals surface area contributed by atoms with Crippen molar-refractivity contribution in [2.75, 3.05) is 31.1 Å². The Labute approximate surface area is 130 Å². The van der Waals surface area contributed by atoms with E-state index in [0.29, 0.717) is 11.6 Å². The van der Waals surface area contributed by atoms with E-state index < -0.39 is 0 Å². The van der Waals surface area contributed by atoms with Crippen LogP contribution in [0.4, 0.5) is 10.1 Å². The first-order chi connectivity index (χ1) is 10.2. The molecule has 2 N–H and O–H groups in total. The number of halogens is 1. The average molecular weight is 307 g/mol. The summed E-state index contributed by atoms with van der Waals surface area (Å²) < 4.78 is 14.0. The van der Waals surface area contributed by atoms with Crippen molar-refractivity contribution < 1.29 is 4.39 Å². The second-order valence-corrected chi connectivity index (χ2v) is 6.42. The molecule has 1 unspecified atom stereocenters. The standard InChI is InChI=1S/C16H22FN3S/c17-13-5-4-6-14(15(13)16(18)21)20-10-7-12(11-20)19-8-2-1-3-9-19/h4-6,12H,1-3,7-11H2,(H2,18,21). The van der Waals surface area contributed by atoms with Gasteiger partial charge in [0, 0.05) is 24.8 Å². The normalized spacial score (nSPS) is 23.5. The van der Waals surface area contributed by atoms with E-state index in [-0.39, 0.29) is 10.8 Å². The monoisotopic (exact) mass is 307 g/mol. The maximum Gasteiger partial charge on any atom is 0.135 e. The first-order valence-electron chi connectivity index (χ1n) is 7.74. The van der Waals surface area contributed by atoms with Crippen molar-refractivity contribution in [3.63, 3.8) is 0 Å². The van der Waals surface area contributed by atoms with Crippen molar-refractivity contribution in [1.29, 1.82) is 0 Å². The Morgan fingerprint density at radius 3 is 2.67 bits per heavy atom. The number of anilines is 1. The first kappa shape index (κ1) is 14.7. The molecule has 0 bridgehead atoms. The average Bonchev–Trinajstić information content (AvgIpc) is 2.97. The van der Waals surface area contributed by atoms with Crippen LogP contribution >= 0.6 is 12.2 Å². The lowest BCUT2D eigenvalue weighted by Crippen LogP contribution is -2.41. The summed E-state index contributed by atoms with van der Waals surface area (Å²) >= 11 is 5.03. The molecule has 3 rings (SSSR count). The minimum absolute atomic E-state index is 0.143. The molecule has 0 spiro atoms. The number of hydrogen-bond donors (Lipinski definition) is 1. The highest BCUT2D eigenvalue weighted by Gasteiger charge is 2.30. The Bertz CT molecular complexity index is 528. The lowest BCUT2D eigenvalue weighted by atomic mass is 10.1. The summed E-state index contributed by atoms with van der Waals surface area (Å²) in [5.74, 6) is -0.318. The van der Waals surface area contributed by atoms with E-state index in [0.717, 1.165) is 25.2 Å². The molecule has 1 atom stereocenters. The van der Waals surface area contributed by atoms with Gasteiger partial charge >= 0.3 is 0 Å². The number of benzene rings is 1.